The van der Waals surface area contributed by atoms with Gasteiger partial charge in [-0.05, 0) is 36.2 Å². The minimum Gasteiger partial charge on any atom is -0.448 e. The lowest BCUT2D eigenvalue weighted by molar-refractivity contribution is -0.136. The second kappa shape index (κ2) is 12.8. The average Bonchev–Trinajstić information content (AvgIpc) is 3.32. The quantitative estimate of drug-likeness (QED) is 0.486. The number of anilines is 1. The highest BCUT2D eigenvalue weighted by atomic mass is 35.5. The van der Waals surface area contributed by atoms with E-state index in [0.717, 1.165) is 12.1 Å². The van der Waals surface area contributed by atoms with Crippen LogP contribution in [0.3, 0.4) is 0 Å². The molecule has 0 aliphatic carbocycles. The number of carbonyl (C=O) groups is 2. The van der Waals surface area contributed by atoms with Crippen LogP contribution in [0.5, 0.6) is 0 Å². The second-order valence-corrected chi connectivity index (χ2v) is 10.3. The van der Waals surface area contributed by atoms with E-state index in [1.165, 1.54) is 16.2 Å². The minimum atomic E-state index is -0.681. The topological polar surface area (TPSA) is 74.3 Å². The zero-order valence-corrected chi connectivity index (χ0v) is 22.8. The van der Waals surface area contributed by atoms with Gasteiger partial charge in [0.15, 0.2) is 0 Å². The summed E-state index contributed by atoms with van der Waals surface area (Å²) in [4.78, 5) is 31.8. The summed E-state index contributed by atoms with van der Waals surface area (Å²) in [6.07, 6.45) is -0.163. The summed E-state index contributed by atoms with van der Waals surface area (Å²) in [5, 5.41) is 4.51. The average molecular weight is 549 g/mol. The Morgan fingerprint density at radius 1 is 1.08 bits per heavy atom. The Labute approximate surface area is 228 Å². The molecule has 0 aromatic heterocycles. The van der Waals surface area contributed by atoms with Gasteiger partial charge in [-0.1, -0.05) is 47.5 Å². The lowest BCUT2D eigenvalue weighted by atomic mass is 10.0. The summed E-state index contributed by atoms with van der Waals surface area (Å²) in [5.41, 5.74) is 3.14. The number of methoxy groups -OCH3 is 1. The van der Waals surface area contributed by atoms with Crippen molar-refractivity contribution in [2.24, 2.45) is 0 Å². The first-order valence-corrected chi connectivity index (χ1v) is 13.3. The van der Waals surface area contributed by atoms with Crippen LogP contribution >= 0.6 is 23.2 Å². The normalized spacial score (nSPS) is 17.6. The number of halogens is 2. The maximum atomic E-state index is 13.7. The van der Waals surface area contributed by atoms with Gasteiger partial charge in [0.1, 0.15) is 12.6 Å². The van der Waals surface area contributed by atoms with Crippen molar-refractivity contribution >= 4 is 40.9 Å². The van der Waals surface area contributed by atoms with E-state index in [0.29, 0.717) is 55.8 Å². The number of rotatable bonds is 10. The van der Waals surface area contributed by atoms with E-state index in [2.05, 4.69) is 29.3 Å². The molecule has 4 rings (SSSR count). The lowest BCUT2D eigenvalue weighted by Crippen LogP contribution is -2.56. The fraction of sp³-hybridized carbons (Fsp3) is 0.481. The van der Waals surface area contributed by atoms with Crippen LogP contribution in [-0.4, -0.2) is 86.9 Å². The van der Waals surface area contributed by atoms with E-state index in [9.17, 15) is 9.59 Å². The Bertz CT molecular complexity index is 1090. The van der Waals surface area contributed by atoms with E-state index < -0.39 is 12.1 Å². The van der Waals surface area contributed by atoms with Gasteiger partial charge in [-0.25, -0.2) is 4.79 Å². The summed E-state index contributed by atoms with van der Waals surface area (Å²) >= 11 is 12.5. The smallest absolute Gasteiger partial charge is 0.410 e. The Balaban J connectivity index is 1.44. The fourth-order valence-electron chi connectivity index (χ4n) is 4.86. The molecule has 10 heteroatoms. The van der Waals surface area contributed by atoms with Crippen LogP contribution in [0, 0.1) is 0 Å². The van der Waals surface area contributed by atoms with Crippen LogP contribution < -0.4 is 10.2 Å². The maximum absolute atomic E-state index is 13.7. The van der Waals surface area contributed by atoms with Crippen molar-refractivity contribution < 1.29 is 19.1 Å². The van der Waals surface area contributed by atoms with Gasteiger partial charge in [0.25, 0.3) is 0 Å². The third kappa shape index (κ3) is 6.87. The van der Waals surface area contributed by atoms with Crippen LogP contribution in [0.1, 0.15) is 18.1 Å². The molecule has 2 unspecified atom stereocenters. The molecule has 200 valence electrons. The summed E-state index contributed by atoms with van der Waals surface area (Å²) in [7, 11) is 1.70. The molecule has 2 atom stereocenters. The predicted molar refractivity (Wildman–Crippen MR) is 145 cm³/mol. The fourth-order valence-corrected chi connectivity index (χ4v) is 5.34. The van der Waals surface area contributed by atoms with Crippen molar-refractivity contribution in [1.29, 1.82) is 0 Å². The first-order valence-electron chi connectivity index (χ1n) is 12.6. The molecular formula is C27H34Cl2N4O4. The number of para-hydroxylation sites is 1. The Morgan fingerprint density at radius 2 is 1.84 bits per heavy atom. The van der Waals surface area contributed by atoms with Crippen molar-refractivity contribution in [2.75, 3.05) is 57.9 Å². The van der Waals surface area contributed by atoms with E-state index in [-0.39, 0.29) is 18.6 Å². The first-order chi connectivity index (χ1) is 17.9. The SMILES string of the molecule is COCC(C)NCc1ccccc1N1CCN(C(=O)C(Cc2ccc(Cl)cc2Cl)N2CCOC2=O)CC1. The zero-order chi connectivity index (χ0) is 26.4. The van der Waals surface area contributed by atoms with Crippen LogP contribution in [0.2, 0.25) is 10.0 Å². The number of ether oxygens (including phenoxy) is 2. The highest BCUT2D eigenvalue weighted by Gasteiger charge is 2.38. The van der Waals surface area contributed by atoms with Crippen LogP contribution in [0.4, 0.5) is 10.5 Å². The molecule has 2 fully saturated rings. The molecule has 2 aliphatic heterocycles. The summed E-state index contributed by atoms with van der Waals surface area (Å²) in [5.74, 6) is -0.0899. The molecule has 0 bridgehead atoms. The number of carbonyl (C=O) groups excluding carboxylic acids is 2. The molecule has 2 amide bonds. The van der Waals surface area contributed by atoms with Gasteiger partial charge in [0.2, 0.25) is 5.91 Å². The number of nitrogens with one attached hydrogen (secondary N) is 1. The highest BCUT2D eigenvalue weighted by molar-refractivity contribution is 6.35. The molecule has 0 saturated carbocycles. The molecule has 2 aromatic carbocycles. The van der Waals surface area contributed by atoms with Gasteiger partial charge < -0.3 is 24.6 Å². The monoisotopic (exact) mass is 548 g/mol. The molecule has 2 aliphatic rings. The number of piperazine rings is 1. The molecule has 8 nitrogen and oxygen atoms in total. The standard InChI is InChI=1S/C27H34Cl2N4O4/c1-19(18-36-2)30-17-21-5-3-4-6-24(21)31-9-11-32(12-10-31)26(34)25(33-13-14-37-27(33)35)15-20-7-8-22(28)16-23(20)29/h3-8,16,19,25,30H,9-15,17-18H2,1-2H3. The predicted octanol–water partition coefficient (Wildman–Crippen LogP) is 3.83. The first kappa shape index (κ1) is 27.5. The van der Waals surface area contributed by atoms with Crippen LogP contribution in [0.15, 0.2) is 42.5 Å². The number of hydrogen-bond acceptors (Lipinski definition) is 6. The molecule has 2 heterocycles. The zero-order valence-electron chi connectivity index (χ0n) is 21.3. The van der Waals surface area contributed by atoms with Gasteiger partial charge in [-0.3, -0.25) is 9.69 Å². The second-order valence-electron chi connectivity index (χ2n) is 9.44. The van der Waals surface area contributed by atoms with Crippen LogP contribution in [0.25, 0.3) is 0 Å². The summed E-state index contributed by atoms with van der Waals surface area (Å²) in [6.45, 7) is 6.67. The lowest BCUT2D eigenvalue weighted by Gasteiger charge is -2.39. The number of benzene rings is 2. The number of hydrogen-bond donors (Lipinski definition) is 1. The number of amides is 2. The number of cyclic esters (lactones) is 1. The van der Waals surface area contributed by atoms with Crippen molar-refractivity contribution in [3.8, 4) is 0 Å². The van der Waals surface area contributed by atoms with Gasteiger partial charge in [0.05, 0.1) is 13.2 Å². The maximum Gasteiger partial charge on any atom is 0.410 e. The highest BCUT2D eigenvalue weighted by Crippen LogP contribution is 2.26. The Kier molecular flexibility index (Phi) is 9.54. The molecule has 2 aromatic rings. The van der Waals surface area contributed by atoms with Crippen molar-refractivity contribution in [3.05, 3.63) is 63.6 Å². The molecule has 0 radical (unpaired) electrons. The summed E-state index contributed by atoms with van der Waals surface area (Å²) < 4.78 is 10.4. The summed E-state index contributed by atoms with van der Waals surface area (Å²) in [6, 6.07) is 13.1. The van der Waals surface area contributed by atoms with Crippen molar-refractivity contribution in [1.82, 2.24) is 15.1 Å². The van der Waals surface area contributed by atoms with Gasteiger partial charge in [-0.2, -0.15) is 0 Å². The molecular weight excluding hydrogens is 515 g/mol. The molecule has 1 N–H and O–H groups in total. The third-order valence-corrected chi connectivity index (χ3v) is 7.45. The largest absolute Gasteiger partial charge is 0.448 e. The van der Waals surface area contributed by atoms with E-state index >= 15 is 0 Å². The Morgan fingerprint density at radius 3 is 2.51 bits per heavy atom. The molecule has 37 heavy (non-hydrogen) atoms. The minimum absolute atomic E-state index is 0.0899. The molecule has 2 saturated heterocycles. The van der Waals surface area contributed by atoms with Gasteiger partial charge in [-0.15, -0.1) is 0 Å². The van der Waals surface area contributed by atoms with E-state index in [1.54, 1.807) is 19.2 Å². The van der Waals surface area contributed by atoms with Crippen molar-refractivity contribution in [3.63, 3.8) is 0 Å². The number of nitrogens with zero attached hydrogens (tertiary/aromatic N) is 3. The van der Waals surface area contributed by atoms with Gasteiger partial charge in [0, 0.05) is 68.0 Å². The van der Waals surface area contributed by atoms with Crippen molar-refractivity contribution in [2.45, 2.75) is 32.0 Å². The van der Waals surface area contributed by atoms with E-state index in [4.69, 9.17) is 32.7 Å². The van der Waals surface area contributed by atoms with E-state index in [1.807, 2.05) is 23.1 Å². The third-order valence-electron chi connectivity index (χ3n) is 6.86. The van der Waals surface area contributed by atoms with Gasteiger partial charge >= 0.3 is 6.09 Å². The van der Waals surface area contributed by atoms with Crippen LogP contribution in [-0.2, 0) is 27.2 Å². The Hall–Kier alpha value is -2.52. The molecule has 0 spiro atoms.